The molecule has 0 atom stereocenters. The number of hydrogen-bond donors (Lipinski definition) is 0. The van der Waals surface area contributed by atoms with E-state index in [0.29, 0.717) is 0 Å². The Bertz CT molecular complexity index is 1030. The maximum Gasteiger partial charge on any atom is 0.158 e. The fraction of sp³-hybridized carbons (Fsp3) is 0.250. The van der Waals surface area contributed by atoms with Crippen LogP contribution in [0, 0.1) is 13.8 Å². The van der Waals surface area contributed by atoms with Gasteiger partial charge in [-0.05, 0) is 13.8 Å². The van der Waals surface area contributed by atoms with Crippen LogP contribution in [-0.2, 0) is 6.54 Å². The first-order valence-electron chi connectivity index (χ1n) is 8.73. The van der Waals surface area contributed by atoms with Crippen LogP contribution in [-0.4, -0.2) is 37.7 Å². The maximum absolute atomic E-state index is 4.79. The Morgan fingerprint density at radius 2 is 1.88 bits per heavy atom. The van der Waals surface area contributed by atoms with Crippen molar-refractivity contribution in [3.05, 3.63) is 66.4 Å². The van der Waals surface area contributed by atoms with Gasteiger partial charge in [0.2, 0.25) is 0 Å². The molecule has 0 fully saturated rings. The van der Waals surface area contributed by atoms with Crippen molar-refractivity contribution < 1.29 is 0 Å². The second kappa shape index (κ2) is 6.63. The monoisotopic (exact) mass is 346 g/mol. The number of likely N-dealkylation sites (N-methyl/N-ethyl adjacent to an activating group) is 1. The molecule has 0 amide bonds. The first-order valence-corrected chi connectivity index (χ1v) is 8.73. The zero-order valence-electron chi connectivity index (χ0n) is 15.3. The molecular weight excluding hydrogens is 324 g/mol. The minimum atomic E-state index is 0.851. The van der Waals surface area contributed by atoms with Gasteiger partial charge in [0.05, 0.1) is 11.4 Å². The third-order valence-corrected chi connectivity index (χ3v) is 4.59. The lowest BCUT2D eigenvalue weighted by Gasteiger charge is -2.21. The van der Waals surface area contributed by atoms with E-state index < -0.39 is 0 Å². The molecule has 6 nitrogen and oxygen atoms in total. The standard InChI is InChI=1S/C20H22N6/c1-15-13-19-22-18(17-7-5-4-6-8-17)14-20(26(19)23-15)24(3)11-12-25-10-9-21-16(25)2/h4-10,13-14H,11-12H2,1-3H3. The molecule has 0 spiro atoms. The average Bonchev–Trinajstić information content (AvgIpc) is 3.23. The van der Waals surface area contributed by atoms with Gasteiger partial charge in [0.1, 0.15) is 11.6 Å². The predicted molar refractivity (Wildman–Crippen MR) is 103 cm³/mol. The molecule has 4 rings (SSSR count). The molecule has 0 radical (unpaired) electrons. The smallest absolute Gasteiger partial charge is 0.158 e. The minimum absolute atomic E-state index is 0.851. The molecule has 0 saturated heterocycles. The van der Waals surface area contributed by atoms with E-state index in [2.05, 4.69) is 44.8 Å². The van der Waals surface area contributed by atoms with E-state index >= 15 is 0 Å². The number of benzene rings is 1. The molecule has 0 aliphatic carbocycles. The number of fused-ring (bicyclic) bond motifs is 1. The molecular formula is C20H22N6. The molecule has 132 valence electrons. The topological polar surface area (TPSA) is 51.2 Å². The van der Waals surface area contributed by atoms with Crippen LogP contribution < -0.4 is 4.90 Å². The van der Waals surface area contributed by atoms with E-state index in [1.165, 1.54) is 0 Å². The van der Waals surface area contributed by atoms with Crippen LogP contribution >= 0.6 is 0 Å². The van der Waals surface area contributed by atoms with Gasteiger partial charge in [-0.15, -0.1) is 0 Å². The lowest BCUT2D eigenvalue weighted by Crippen LogP contribution is -2.25. The van der Waals surface area contributed by atoms with Gasteiger partial charge in [0, 0.05) is 50.2 Å². The molecule has 26 heavy (non-hydrogen) atoms. The van der Waals surface area contributed by atoms with Crippen LogP contribution in [0.5, 0.6) is 0 Å². The van der Waals surface area contributed by atoms with Gasteiger partial charge in [-0.25, -0.2) is 9.97 Å². The van der Waals surface area contributed by atoms with Gasteiger partial charge in [-0.1, -0.05) is 30.3 Å². The Hall–Kier alpha value is -3.15. The molecule has 0 unspecified atom stereocenters. The minimum Gasteiger partial charge on any atom is -0.358 e. The summed E-state index contributed by atoms with van der Waals surface area (Å²) in [5.74, 6) is 2.05. The van der Waals surface area contributed by atoms with E-state index in [-0.39, 0.29) is 0 Å². The van der Waals surface area contributed by atoms with Gasteiger partial charge >= 0.3 is 0 Å². The van der Waals surface area contributed by atoms with Crippen LogP contribution in [0.1, 0.15) is 11.5 Å². The molecule has 0 aliphatic heterocycles. The molecule has 0 saturated carbocycles. The van der Waals surface area contributed by atoms with Crippen molar-refractivity contribution in [3.63, 3.8) is 0 Å². The number of hydrogen-bond acceptors (Lipinski definition) is 4. The second-order valence-electron chi connectivity index (χ2n) is 6.51. The molecule has 3 heterocycles. The highest BCUT2D eigenvalue weighted by molar-refractivity contribution is 5.67. The SMILES string of the molecule is Cc1cc2nc(-c3ccccc3)cc(N(C)CCn3ccnc3C)n2n1. The largest absolute Gasteiger partial charge is 0.358 e. The van der Waals surface area contributed by atoms with E-state index in [1.54, 1.807) is 0 Å². The summed E-state index contributed by atoms with van der Waals surface area (Å²) >= 11 is 0. The van der Waals surface area contributed by atoms with Crippen molar-refractivity contribution >= 4 is 11.5 Å². The summed E-state index contributed by atoms with van der Waals surface area (Å²) in [7, 11) is 2.09. The van der Waals surface area contributed by atoms with Crippen molar-refractivity contribution in [2.24, 2.45) is 0 Å². The Balaban J connectivity index is 1.71. The van der Waals surface area contributed by atoms with Crippen molar-refractivity contribution in [2.45, 2.75) is 20.4 Å². The van der Waals surface area contributed by atoms with Gasteiger partial charge in [-0.3, -0.25) is 0 Å². The number of imidazole rings is 1. The number of nitrogens with zero attached hydrogens (tertiary/aromatic N) is 6. The summed E-state index contributed by atoms with van der Waals surface area (Å²) in [6.45, 7) is 5.74. The normalized spacial score (nSPS) is 11.2. The van der Waals surface area contributed by atoms with Crippen molar-refractivity contribution in [1.82, 2.24) is 24.1 Å². The number of rotatable bonds is 5. The van der Waals surface area contributed by atoms with Crippen LogP contribution in [0.25, 0.3) is 16.9 Å². The summed E-state index contributed by atoms with van der Waals surface area (Å²) in [6.07, 6.45) is 3.85. The Kier molecular flexibility index (Phi) is 4.16. The molecule has 6 heteroatoms. The molecule has 0 N–H and O–H groups in total. The highest BCUT2D eigenvalue weighted by Gasteiger charge is 2.13. The van der Waals surface area contributed by atoms with Crippen LogP contribution in [0.4, 0.5) is 5.82 Å². The highest BCUT2D eigenvalue weighted by Crippen LogP contribution is 2.24. The van der Waals surface area contributed by atoms with Crippen molar-refractivity contribution in [2.75, 3.05) is 18.5 Å². The van der Waals surface area contributed by atoms with Crippen LogP contribution in [0.15, 0.2) is 54.9 Å². The third kappa shape index (κ3) is 3.06. The van der Waals surface area contributed by atoms with Gasteiger partial charge < -0.3 is 9.47 Å². The van der Waals surface area contributed by atoms with E-state index in [0.717, 1.165) is 47.3 Å². The second-order valence-corrected chi connectivity index (χ2v) is 6.51. The molecule has 4 aromatic rings. The quantitative estimate of drug-likeness (QED) is 0.556. The average molecular weight is 346 g/mol. The van der Waals surface area contributed by atoms with Gasteiger partial charge in [0.25, 0.3) is 0 Å². The number of aryl methyl sites for hydroxylation is 2. The van der Waals surface area contributed by atoms with Crippen molar-refractivity contribution in [3.8, 4) is 11.3 Å². The summed E-state index contributed by atoms with van der Waals surface area (Å²) in [5, 5.41) is 4.62. The van der Waals surface area contributed by atoms with Crippen LogP contribution in [0.3, 0.4) is 0 Å². The molecule has 0 aliphatic rings. The summed E-state index contributed by atoms with van der Waals surface area (Å²) < 4.78 is 4.07. The number of aromatic nitrogens is 5. The lowest BCUT2D eigenvalue weighted by atomic mass is 10.1. The predicted octanol–water partition coefficient (Wildman–Crippen LogP) is 3.35. The highest BCUT2D eigenvalue weighted by atomic mass is 15.3. The van der Waals surface area contributed by atoms with E-state index in [4.69, 9.17) is 4.98 Å². The lowest BCUT2D eigenvalue weighted by molar-refractivity contribution is 0.656. The van der Waals surface area contributed by atoms with E-state index in [1.807, 2.05) is 55.0 Å². The maximum atomic E-state index is 4.79. The zero-order valence-corrected chi connectivity index (χ0v) is 15.3. The fourth-order valence-corrected chi connectivity index (χ4v) is 3.11. The summed E-state index contributed by atoms with van der Waals surface area (Å²) in [6, 6.07) is 14.4. The molecule has 1 aromatic carbocycles. The molecule has 0 bridgehead atoms. The Morgan fingerprint density at radius 1 is 1.08 bits per heavy atom. The number of anilines is 1. The van der Waals surface area contributed by atoms with Crippen molar-refractivity contribution in [1.29, 1.82) is 0 Å². The van der Waals surface area contributed by atoms with Gasteiger partial charge in [-0.2, -0.15) is 9.61 Å². The fourth-order valence-electron chi connectivity index (χ4n) is 3.11. The summed E-state index contributed by atoms with van der Waals surface area (Å²) in [4.78, 5) is 11.3. The van der Waals surface area contributed by atoms with E-state index in [9.17, 15) is 0 Å². The van der Waals surface area contributed by atoms with Crippen LogP contribution in [0.2, 0.25) is 0 Å². The Labute approximate surface area is 152 Å². The molecule has 3 aromatic heterocycles. The summed E-state index contributed by atoms with van der Waals surface area (Å²) in [5.41, 5.74) is 3.89. The first-order chi connectivity index (χ1) is 12.6. The third-order valence-electron chi connectivity index (χ3n) is 4.59. The van der Waals surface area contributed by atoms with Gasteiger partial charge in [0.15, 0.2) is 5.65 Å². The Morgan fingerprint density at radius 3 is 2.62 bits per heavy atom. The zero-order chi connectivity index (χ0) is 18.1. The first kappa shape index (κ1) is 16.3.